The van der Waals surface area contributed by atoms with E-state index in [4.69, 9.17) is 14.3 Å². The fraction of sp³-hybridized carbons (Fsp3) is 0.476. The first kappa shape index (κ1) is 15.9. The highest BCUT2D eigenvalue weighted by molar-refractivity contribution is 5.99. The molecule has 5 nitrogen and oxygen atoms in total. The molecule has 0 unspecified atom stereocenters. The molecule has 26 heavy (non-hydrogen) atoms. The Labute approximate surface area is 154 Å². The molecule has 1 N–H and O–H groups in total. The third-order valence-electron chi connectivity index (χ3n) is 6.17. The Bertz CT molecular complexity index is 848. The van der Waals surface area contributed by atoms with E-state index in [1.54, 1.807) is 4.90 Å². The van der Waals surface area contributed by atoms with Gasteiger partial charge in [0.1, 0.15) is 23.0 Å². The van der Waals surface area contributed by atoms with Crippen LogP contribution in [0.15, 0.2) is 45.9 Å². The molecule has 2 aromatic rings. The molecule has 5 heteroatoms. The molecule has 1 spiro atoms. The second kappa shape index (κ2) is 5.88. The summed E-state index contributed by atoms with van der Waals surface area (Å²) in [5, 5.41) is 7.30. The smallest absolute Gasteiger partial charge is 0.208 e. The molecule has 5 rings (SSSR count). The first-order valence-corrected chi connectivity index (χ1v) is 9.74. The number of nitrogens with one attached hydrogen (secondary N) is 1. The van der Waals surface area contributed by atoms with Crippen molar-refractivity contribution >= 4 is 5.71 Å². The summed E-state index contributed by atoms with van der Waals surface area (Å²) in [6.45, 7) is 7.68. The number of rotatable bonds is 2. The fourth-order valence-corrected chi connectivity index (χ4v) is 4.65. The average molecular weight is 352 g/mol. The number of hydrazone groups is 1. The maximum Gasteiger partial charge on any atom is 0.208 e. The van der Waals surface area contributed by atoms with Crippen molar-refractivity contribution in [1.29, 1.82) is 0 Å². The lowest BCUT2D eigenvalue weighted by Crippen LogP contribution is -3.13. The molecule has 0 radical (unpaired) electrons. The van der Waals surface area contributed by atoms with Crippen LogP contribution in [0.5, 0.6) is 5.75 Å². The van der Waals surface area contributed by atoms with Crippen molar-refractivity contribution in [2.75, 3.05) is 19.6 Å². The number of hydrogen-bond acceptors (Lipinski definition) is 4. The minimum Gasteiger partial charge on any atom is -0.466 e. The number of furan rings is 1. The molecule has 1 atom stereocenters. The van der Waals surface area contributed by atoms with E-state index in [1.807, 2.05) is 19.1 Å². The third-order valence-corrected chi connectivity index (χ3v) is 6.17. The van der Waals surface area contributed by atoms with E-state index >= 15 is 0 Å². The van der Waals surface area contributed by atoms with E-state index in [0.29, 0.717) is 0 Å². The van der Waals surface area contributed by atoms with Crippen LogP contribution in [0.25, 0.3) is 0 Å². The summed E-state index contributed by atoms with van der Waals surface area (Å²) in [4.78, 5) is 1.65. The minimum atomic E-state index is -0.318. The molecule has 4 heterocycles. The van der Waals surface area contributed by atoms with E-state index in [-0.39, 0.29) is 11.8 Å². The molecule has 1 fully saturated rings. The van der Waals surface area contributed by atoms with Crippen LogP contribution < -0.4 is 9.64 Å². The monoisotopic (exact) mass is 352 g/mol. The molecule has 1 aromatic carbocycles. The van der Waals surface area contributed by atoms with Gasteiger partial charge in [-0.15, -0.1) is 0 Å². The molecule has 0 saturated carbocycles. The lowest BCUT2D eigenvalue weighted by molar-refractivity contribution is -0.906. The van der Waals surface area contributed by atoms with Crippen molar-refractivity contribution in [2.24, 2.45) is 5.10 Å². The second-order valence-corrected chi connectivity index (χ2v) is 7.71. The Morgan fingerprint density at radius 2 is 2.00 bits per heavy atom. The Morgan fingerprint density at radius 1 is 1.19 bits per heavy atom. The van der Waals surface area contributed by atoms with Gasteiger partial charge in [0.05, 0.1) is 38.5 Å². The zero-order chi connectivity index (χ0) is 17.7. The van der Waals surface area contributed by atoms with Crippen LogP contribution in [0.2, 0.25) is 0 Å². The van der Waals surface area contributed by atoms with E-state index in [0.717, 1.165) is 55.3 Å². The molecule has 136 valence electrons. The van der Waals surface area contributed by atoms with Gasteiger partial charge in [-0.25, -0.2) is 5.01 Å². The number of nitrogens with zero attached hydrogens (tertiary/aromatic N) is 2. The number of ether oxygens (including phenoxy) is 1. The van der Waals surface area contributed by atoms with Gasteiger partial charge in [0, 0.05) is 12.0 Å². The number of piperidine rings is 1. The molecule has 3 aliphatic heterocycles. The van der Waals surface area contributed by atoms with Crippen LogP contribution in [0.4, 0.5) is 0 Å². The molecule has 1 saturated heterocycles. The molecule has 1 aromatic heterocycles. The fourth-order valence-electron chi connectivity index (χ4n) is 4.65. The predicted octanol–water partition coefficient (Wildman–Crippen LogP) is 2.53. The lowest BCUT2D eigenvalue weighted by atomic mass is 9.91. The van der Waals surface area contributed by atoms with Crippen molar-refractivity contribution in [1.82, 2.24) is 5.01 Å². The van der Waals surface area contributed by atoms with Gasteiger partial charge in [-0.2, -0.15) is 5.10 Å². The van der Waals surface area contributed by atoms with Crippen molar-refractivity contribution < 1.29 is 14.1 Å². The van der Waals surface area contributed by atoms with Crippen LogP contribution >= 0.6 is 0 Å². The first-order valence-electron chi connectivity index (χ1n) is 9.74. The van der Waals surface area contributed by atoms with Gasteiger partial charge in [-0.1, -0.05) is 18.2 Å². The number of likely N-dealkylation sites (tertiary alicyclic amines) is 1. The van der Waals surface area contributed by atoms with Crippen LogP contribution in [-0.2, 0) is 0 Å². The van der Waals surface area contributed by atoms with Gasteiger partial charge < -0.3 is 14.1 Å². The summed E-state index contributed by atoms with van der Waals surface area (Å²) in [6.07, 6.45) is 2.89. The highest BCUT2D eigenvalue weighted by Crippen LogP contribution is 2.49. The van der Waals surface area contributed by atoms with Gasteiger partial charge in [-0.05, 0) is 32.0 Å². The summed E-state index contributed by atoms with van der Waals surface area (Å²) < 4.78 is 12.5. The summed E-state index contributed by atoms with van der Waals surface area (Å²) in [6, 6.07) is 12.7. The molecular weight excluding hydrogens is 326 g/mol. The molecule has 0 aliphatic carbocycles. The summed E-state index contributed by atoms with van der Waals surface area (Å²) in [7, 11) is 0. The minimum absolute atomic E-state index is 0.239. The number of benzene rings is 1. The van der Waals surface area contributed by atoms with Gasteiger partial charge in [0.15, 0.2) is 0 Å². The lowest BCUT2D eigenvalue weighted by Gasteiger charge is -2.50. The maximum absolute atomic E-state index is 6.63. The van der Waals surface area contributed by atoms with Crippen molar-refractivity contribution in [3.8, 4) is 5.75 Å². The van der Waals surface area contributed by atoms with Crippen LogP contribution in [0.3, 0.4) is 0 Å². The number of aryl methyl sites for hydroxylation is 1. The zero-order valence-corrected chi connectivity index (χ0v) is 15.5. The molecule has 3 aliphatic rings. The molecule has 0 amide bonds. The number of para-hydroxylation sites is 1. The normalized spacial score (nSPS) is 29.9. The van der Waals surface area contributed by atoms with Crippen LogP contribution in [0, 0.1) is 6.92 Å². The average Bonchev–Trinajstić information content (AvgIpc) is 3.30. The van der Waals surface area contributed by atoms with E-state index in [1.165, 1.54) is 12.1 Å². The Morgan fingerprint density at radius 3 is 2.73 bits per heavy atom. The van der Waals surface area contributed by atoms with E-state index in [9.17, 15) is 0 Å². The molecule has 0 bridgehead atoms. The van der Waals surface area contributed by atoms with E-state index < -0.39 is 0 Å². The summed E-state index contributed by atoms with van der Waals surface area (Å²) >= 11 is 0. The summed E-state index contributed by atoms with van der Waals surface area (Å²) in [5.41, 5.74) is 1.96. The predicted molar refractivity (Wildman–Crippen MR) is 99.5 cm³/mol. The number of quaternary nitrogens is 1. The van der Waals surface area contributed by atoms with Crippen LogP contribution in [0.1, 0.15) is 49.3 Å². The SMILES string of the molecule is CC[NH+]1CCC2(CC1)Oc1ccccc1[C@H]1CC(c3ccc(C)o3)=NN12. The zero-order valence-electron chi connectivity index (χ0n) is 15.5. The highest BCUT2D eigenvalue weighted by atomic mass is 16.5. The van der Waals surface area contributed by atoms with Crippen LogP contribution in [-0.4, -0.2) is 36.1 Å². The van der Waals surface area contributed by atoms with Gasteiger partial charge in [-0.3, -0.25) is 0 Å². The second-order valence-electron chi connectivity index (χ2n) is 7.71. The van der Waals surface area contributed by atoms with Crippen molar-refractivity contribution in [3.63, 3.8) is 0 Å². The largest absolute Gasteiger partial charge is 0.466 e. The van der Waals surface area contributed by atoms with E-state index in [2.05, 4.69) is 36.2 Å². The first-order chi connectivity index (χ1) is 12.7. The van der Waals surface area contributed by atoms with Gasteiger partial charge in [0.25, 0.3) is 0 Å². The summed E-state index contributed by atoms with van der Waals surface area (Å²) in [5.74, 6) is 2.85. The van der Waals surface area contributed by atoms with Crippen molar-refractivity contribution in [3.05, 3.63) is 53.5 Å². The number of hydrogen-bond donors (Lipinski definition) is 1. The Hall–Kier alpha value is -2.27. The topological polar surface area (TPSA) is 42.4 Å². The number of fused-ring (bicyclic) bond motifs is 4. The highest BCUT2D eigenvalue weighted by Gasteiger charge is 2.53. The molecular formula is C21H26N3O2+. The Balaban J connectivity index is 1.55. The quantitative estimate of drug-likeness (QED) is 0.903. The third kappa shape index (κ3) is 2.37. The van der Waals surface area contributed by atoms with Crippen molar-refractivity contribution in [2.45, 2.75) is 44.9 Å². The van der Waals surface area contributed by atoms with Gasteiger partial charge >= 0.3 is 0 Å². The maximum atomic E-state index is 6.63. The Kier molecular flexibility index (Phi) is 3.60. The standard InChI is InChI=1S/C21H25N3O2/c1-3-23-12-10-21(11-13-23)24-18(16-6-4-5-7-19(16)26-21)14-17(22-24)20-9-8-15(2)25-20/h4-9,18H,3,10-14H2,1-2H3/p+1/t18-/m1/s1. The van der Waals surface area contributed by atoms with Gasteiger partial charge in [0.2, 0.25) is 5.72 Å².